The summed E-state index contributed by atoms with van der Waals surface area (Å²) in [6.07, 6.45) is 13.8. The van der Waals surface area contributed by atoms with Crippen LogP contribution in [0.3, 0.4) is 0 Å². The number of anilines is 1. The molecule has 3 aliphatic rings. The number of hydrogen-bond donors (Lipinski definition) is 0. The first kappa shape index (κ1) is 26.4. The van der Waals surface area contributed by atoms with Gasteiger partial charge in [-0.2, -0.15) is 5.26 Å². The third kappa shape index (κ3) is 7.07. The van der Waals surface area contributed by atoms with Gasteiger partial charge in [-0.15, -0.1) is 0 Å². The molecule has 178 valence electrons. The average molecular weight is 449 g/mol. The van der Waals surface area contributed by atoms with Gasteiger partial charge >= 0.3 is 0 Å². The fourth-order valence-electron chi connectivity index (χ4n) is 4.48. The van der Waals surface area contributed by atoms with Crippen LogP contribution < -0.4 is 4.90 Å². The van der Waals surface area contributed by atoms with Crippen LogP contribution in [0.25, 0.3) is 0 Å². The first-order valence-corrected chi connectivity index (χ1v) is 12.6. The summed E-state index contributed by atoms with van der Waals surface area (Å²) in [5.41, 5.74) is 2.95. The van der Waals surface area contributed by atoms with Gasteiger partial charge in [-0.1, -0.05) is 70.2 Å². The molecule has 1 atom stereocenters. The minimum absolute atomic E-state index is 0.00511. The maximum absolute atomic E-state index is 13.2. The topological polar surface area (TPSA) is 50.6 Å². The van der Waals surface area contributed by atoms with Gasteiger partial charge in [-0.05, 0) is 43.5 Å². The number of benzene rings is 1. The molecule has 1 aromatic carbocycles. The van der Waals surface area contributed by atoms with Crippen LogP contribution in [-0.2, 0) is 4.79 Å². The second-order valence-corrected chi connectivity index (χ2v) is 7.88. The van der Waals surface area contributed by atoms with Crippen LogP contribution in [0, 0.1) is 11.3 Å². The molecule has 0 aromatic heterocycles. The highest BCUT2D eigenvalue weighted by Gasteiger charge is 2.35. The van der Waals surface area contributed by atoms with Crippen molar-refractivity contribution in [3.63, 3.8) is 0 Å². The number of piperazine rings is 1. The summed E-state index contributed by atoms with van der Waals surface area (Å²) in [4.78, 5) is 19.8. The summed E-state index contributed by atoms with van der Waals surface area (Å²) < 4.78 is 0. The molecule has 5 nitrogen and oxygen atoms in total. The Balaban J connectivity index is 0.000000914. The van der Waals surface area contributed by atoms with E-state index in [-0.39, 0.29) is 11.9 Å². The van der Waals surface area contributed by atoms with Crippen LogP contribution in [0.5, 0.6) is 0 Å². The Morgan fingerprint density at radius 1 is 1.03 bits per heavy atom. The lowest BCUT2D eigenvalue weighted by Crippen LogP contribution is -2.54. The molecule has 1 unspecified atom stereocenters. The molecule has 0 saturated carbocycles. The van der Waals surface area contributed by atoms with Crippen LogP contribution in [-0.4, -0.2) is 61.0 Å². The molecular weight excluding hydrogens is 408 g/mol. The second-order valence-electron chi connectivity index (χ2n) is 7.88. The summed E-state index contributed by atoms with van der Waals surface area (Å²) >= 11 is 0. The minimum Gasteiger partial charge on any atom is -0.367 e. The fourth-order valence-corrected chi connectivity index (χ4v) is 4.48. The van der Waals surface area contributed by atoms with Crippen LogP contribution in [0.2, 0.25) is 0 Å². The molecule has 1 aromatic rings. The lowest BCUT2D eigenvalue weighted by molar-refractivity contribution is -0.136. The van der Waals surface area contributed by atoms with Crippen molar-refractivity contribution < 1.29 is 4.79 Å². The van der Waals surface area contributed by atoms with E-state index >= 15 is 0 Å². The zero-order valence-corrected chi connectivity index (χ0v) is 20.8. The van der Waals surface area contributed by atoms with Crippen molar-refractivity contribution in [3.05, 3.63) is 65.8 Å². The molecule has 2 aliphatic heterocycles. The van der Waals surface area contributed by atoms with Crippen molar-refractivity contribution >= 4 is 11.6 Å². The highest BCUT2D eigenvalue weighted by atomic mass is 16.2. The predicted octanol–water partition coefficient (Wildman–Crippen LogP) is 5.17. The minimum atomic E-state index is -0.00511. The molecule has 2 fully saturated rings. The highest BCUT2D eigenvalue weighted by molar-refractivity contribution is 5.82. The number of hydrogen-bond acceptors (Lipinski definition) is 4. The summed E-state index contributed by atoms with van der Waals surface area (Å²) in [5.74, 6) is 0.268. The maximum Gasteiger partial charge on any atom is 0.240 e. The molecule has 33 heavy (non-hydrogen) atoms. The van der Waals surface area contributed by atoms with Crippen molar-refractivity contribution in [1.29, 1.82) is 5.26 Å². The quantitative estimate of drug-likeness (QED) is 0.638. The number of nitrogens with zero attached hydrogens (tertiary/aromatic N) is 4. The van der Waals surface area contributed by atoms with E-state index in [1.807, 2.05) is 56.9 Å². The third-order valence-corrected chi connectivity index (χ3v) is 6.04. The van der Waals surface area contributed by atoms with Gasteiger partial charge in [-0.25, -0.2) is 0 Å². The summed E-state index contributed by atoms with van der Waals surface area (Å²) in [5, 5.41) is 9.35. The predicted molar refractivity (Wildman–Crippen MR) is 138 cm³/mol. The monoisotopic (exact) mass is 448 g/mol. The van der Waals surface area contributed by atoms with E-state index in [1.54, 1.807) is 0 Å². The van der Waals surface area contributed by atoms with Gasteiger partial charge in [0.15, 0.2) is 0 Å². The van der Waals surface area contributed by atoms with Gasteiger partial charge in [0.05, 0.1) is 17.3 Å². The molecule has 4 rings (SSSR count). The highest BCUT2D eigenvalue weighted by Crippen LogP contribution is 2.24. The molecule has 2 heterocycles. The van der Waals surface area contributed by atoms with Gasteiger partial charge in [0.1, 0.15) is 6.07 Å². The standard InChI is InChI=1S/C24H28N4O.2C2H6/c25-18-21-10-5-6-11-22(21)26-14-16-27(17-15-26)24(29)23-12-7-13-28(23)19-20-8-3-1-2-4-9-20;2*1-2/h1,3-6,8-11,23H,2,7,12-17,19H2;2*1-2H3. The second kappa shape index (κ2) is 14.3. The zero-order valence-electron chi connectivity index (χ0n) is 20.8. The van der Waals surface area contributed by atoms with E-state index in [0.717, 1.165) is 51.1 Å². The fraction of sp³-hybridized carbons (Fsp3) is 0.500. The van der Waals surface area contributed by atoms with Gasteiger partial charge in [0, 0.05) is 32.7 Å². The van der Waals surface area contributed by atoms with E-state index < -0.39 is 0 Å². The lowest BCUT2D eigenvalue weighted by atomic mass is 10.1. The first-order chi connectivity index (χ1) is 16.3. The van der Waals surface area contributed by atoms with Crippen molar-refractivity contribution in [2.24, 2.45) is 0 Å². The number of rotatable bonds is 4. The van der Waals surface area contributed by atoms with Crippen LogP contribution >= 0.6 is 0 Å². The van der Waals surface area contributed by atoms with E-state index in [4.69, 9.17) is 0 Å². The van der Waals surface area contributed by atoms with Gasteiger partial charge in [0.25, 0.3) is 0 Å². The normalized spacial score (nSPS) is 20.0. The van der Waals surface area contributed by atoms with Crippen LogP contribution in [0.4, 0.5) is 5.69 Å². The molecule has 0 N–H and O–H groups in total. The molecule has 0 bridgehead atoms. The number of carbonyl (C=O) groups is 1. The lowest BCUT2D eigenvalue weighted by Gasteiger charge is -2.38. The van der Waals surface area contributed by atoms with Crippen molar-refractivity contribution in [2.75, 3.05) is 44.2 Å². The van der Waals surface area contributed by atoms with E-state index in [2.05, 4.69) is 46.2 Å². The Hall–Kier alpha value is -2.84. The molecule has 0 spiro atoms. The molecule has 0 radical (unpaired) electrons. The average Bonchev–Trinajstić information content (AvgIpc) is 3.20. The SMILES string of the molecule is CC.CC.N#Cc1ccccc1N1CCN(C(=O)C2CCCN2CC2=CC=CCC=C2)CC1. The van der Waals surface area contributed by atoms with E-state index in [0.29, 0.717) is 18.7 Å². The number of amides is 1. The van der Waals surface area contributed by atoms with Crippen LogP contribution in [0.1, 0.15) is 52.5 Å². The first-order valence-electron chi connectivity index (χ1n) is 12.6. The Bertz CT molecular complexity index is 872. The summed E-state index contributed by atoms with van der Waals surface area (Å²) in [7, 11) is 0. The molecular formula is C28H40N4O. The largest absolute Gasteiger partial charge is 0.367 e. The summed E-state index contributed by atoms with van der Waals surface area (Å²) in [6.45, 7) is 12.8. The number of nitriles is 1. The van der Waals surface area contributed by atoms with Gasteiger partial charge in [0.2, 0.25) is 5.91 Å². The smallest absolute Gasteiger partial charge is 0.240 e. The van der Waals surface area contributed by atoms with Crippen molar-refractivity contribution in [2.45, 2.75) is 53.0 Å². The Kier molecular flexibility index (Phi) is 11.5. The van der Waals surface area contributed by atoms with Gasteiger partial charge in [-0.3, -0.25) is 9.69 Å². The number of allylic oxidation sites excluding steroid dienone is 4. The van der Waals surface area contributed by atoms with E-state index in [9.17, 15) is 10.1 Å². The Morgan fingerprint density at radius 2 is 1.76 bits per heavy atom. The van der Waals surface area contributed by atoms with Crippen molar-refractivity contribution in [3.8, 4) is 6.07 Å². The Morgan fingerprint density at radius 3 is 2.48 bits per heavy atom. The Labute approximate surface area is 200 Å². The van der Waals surface area contributed by atoms with Crippen molar-refractivity contribution in [1.82, 2.24) is 9.80 Å². The maximum atomic E-state index is 13.2. The zero-order chi connectivity index (χ0) is 24.1. The van der Waals surface area contributed by atoms with E-state index in [1.165, 1.54) is 5.57 Å². The molecule has 5 heteroatoms. The molecule has 2 saturated heterocycles. The third-order valence-electron chi connectivity index (χ3n) is 6.04. The van der Waals surface area contributed by atoms with Gasteiger partial charge < -0.3 is 9.80 Å². The number of para-hydroxylation sites is 1. The molecule has 1 aliphatic carbocycles. The molecule has 1 amide bonds. The number of likely N-dealkylation sites (tertiary alicyclic amines) is 1. The summed E-state index contributed by atoms with van der Waals surface area (Å²) in [6, 6.07) is 9.99. The number of carbonyl (C=O) groups excluding carboxylic acids is 1. The van der Waals surface area contributed by atoms with Crippen LogP contribution in [0.15, 0.2) is 60.2 Å².